The summed E-state index contributed by atoms with van der Waals surface area (Å²) in [5.74, 6) is 1.28. The lowest BCUT2D eigenvalue weighted by atomic mass is 10.2. The van der Waals surface area contributed by atoms with Gasteiger partial charge >= 0.3 is 0 Å². The molecule has 142 valence electrons. The van der Waals surface area contributed by atoms with Crippen molar-refractivity contribution in [1.29, 1.82) is 0 Å². The molecule has 0 aliphatic heterocycles. The first-order chi connectivity index (χ1) is 12.0. The summed E-state index contributed by atoms with van der Waals surface area (Å²) in [5.41, 5.74) is 1.04. The Morgan fingerprint density at radius 1 is 1.23 bits per heavy atom. The summed E-state index contributed by atoms with van der Waals surface area (Å²) in [7, 11) is 0. The minimum atomic E-state index is -0.394. The Bertz CT molecular complexity index is 688. The molecule has 1 heterocycles. The van der Waals surface area contributed by atoms with Gasteiger partial charge in [-0.3, -0.25) is 10.1 Å². The molecule has 2 aromatic rings. The van der Waals surface area contributed by atoms with Crippen molar-refractivity contribution in [2.45, 2.75) is 26.8 Å². The highest BCUT2D eigenvalue weighted by Crippen LogP contribution is 2.12. The number of nitrogens with zero attached hydrogens (tertiary/aromatic N) is 2. The number of aliphatic imine (C=N–C) groups is 1. The Balaban J connectivity index is 0.00000338. The molecule has 2 rings (SSSR count). The Morgan fingerprint density at radius 3 is 2.54 bits per heavy atom. The summed E-state index contributed by atoms with van der Waals surface area (Å²) in [6, 6.07) is 10.7. The van der Waals surface area contributed by atoms with Gasteiger partial charge in [0.05, 0.1) is 11.5 Å². The minimum absolute atomic E-state index is 0. The predicted molar refractivity (Wildman–Crippen MR) is 119 cm³/mol. The third kappa shape index (κ3) is 8.13. The number of thiophene rings is 1. The van der Waals surface area contributed by atoms with Crippen LogP contribution >= 0.6 is 35.3 Å². The van der Waals surface area contributed by atoms with Crippen molar-refractivity contribution in [2.75, 3.05) is 13.1 Å². The van der Waals surface area contributed by atoms with Gasteiger partial charge in [-0.05, 0) is 29.3 Å². The van der Waals surface area contributed by atoms with Gasteiger partial charge < -0.3 is 10.6 Å². The molecular weight excluding hydrogens is 463 g/mol. The van der Waals surface area contributed by atoms with Crippen molar-refractivity contribution < 1.29 is 4.92 Å². The number of guanidine groups is 1. The van der Waals surface area contributed by atoms with E-state index in [1.165, 1.54) is 17.0 Å². The molecule has 0 aliphatic rings. The average molecular weight is 488 g/mol. The second-order valence-electron chi connectivity index (χ2n) is 6.12. The number of nitro benzene ring substituents is 1. The normalized spacial score (nSPS) is 11.1. The van der Waals surface area contributed by atoms with Gasteiger partial charge in [-0.25, -0.2) is 4.99 Å². The van der Waals surface area contributed by atoms with Crippen LogP contribution in [0.3, 0.4) is 0 Å². The quantitative estimate of drug-likeness (QED) is 0.192. The number of hydrogen-bond donors (Lipinski definition) is 2. The van der Waals surface area contributed by atoms with Crippen molar-refractivity contribution in [3.8, 4) is 0 Å². The summed E-state index contributed by atoms with van der Waals surface area (Å²) in [5, 5.41) is 19.5. The first-order valence-corrected chi connectivity index (χ1v) is 9.20. The van der Waals surface area contributed by atoms with E-state index in [0.717, 1.165) is 31.0 Å². The fourth-order valence-corrected chi connectivity index (χ4v) is 2.84. The molecule has 26 heavy (non-hydrogen) atoms. The van der Waals surface area contributed by atoms with E-state index < -0.39 is 4.92 Å². The SMILES string of the molecule is CC(C)CNC(=NCc1ccc([N+](=O)[O-])cc1)NCCc1cccs1.I. The van der Waals surface area contributed by atoms with E-state index in [9.17, 15) is 10.1 Å². The summed E-state index contributed by atoms with van der Waals surface area (Å²) in [4.78, 5) is 16.2. The average Bonchev–Trinajstić information content (AvgIpc) is 3.10. The fraction of sp³-hybridized carbons (Fsp3) is 0.389. The van der Waals surface area contributed by atoms with Crippen LogP contribution in [-0.4, -0.2) is 24.0 Å². The Kier molecular flexibility index (Phi) is 10.2. The lowest BCUT2D eigenvalue weighted by Crippen LogP contribution is -2.40. The number of nitro groups is 1. The van der Waals surface area contributed by atoms with Gasteiger partial charge in [0.2, 0.25) is 0 Å². The van der Waals surface area contributed by atoms with Crippen LogP contribution in [-0.2, 0) is 13.0 Å². The zero-order valence-electron chi connectivity index (χ0n) is 15.0. The van der Waals surface area contributed by atoms with Gasteiger partial charge in [-0.1, -0.05) is 32.0 Å². The summed E-state index contributed by atoms with van der Waals surface area (Å²) >= 11 is 1.75. The van der Waals surface area contributed by atoms with E-state index in [4.69, 9.17) is 0 Å². The van der Waals surface area contributed by atoms with Crippen LogP contribution < -0.4 is 10.6 Å². The molecular formula is C18H25IN4O2S. The van der Waals surface area contributed by atoms with Crippen molar-refractivity contribution in [3.63, 3.8) is 0 Å². The van der Waals surface area contributed by atoms with Crippen LogP contribution in [0.1, 0.15) is 24.3 Å². The fourth-order valence-electron chi connectivity index (χ4n) is 2.13. The van der Waals surface area contributed by atoms with Crippen LogP contribution in [0.4, 0.5) is 5.69 Å². The van der Waals surface area contributed by atoms with E-state index in [-0.39, 0.29) is 29.7 Å². The molecule has 0 unspecified atom stereocenters. The third-order valence-electron chi connectivity index (χ3n) is 3.49. The molecule has 0 saturated heterocycles. The van der Waals surface area contributed by atoms with Crippen molar-refractivity contribution in [2.24, 2.45) is 10.9 Å². The molecule has 6 nitrogen and oxygen atoms in total. The molecule has 0 saturated carbocycles. The first-order valence-electron chi connectivity index (χ1n) is 8.32. The molecule has 0 aliphatic carbocycles. The minimum Gasteiger partial charge on any atom is -0.356 e. The van der Waals surface area contributed by atoms with Gasteiger partial charge in [0, 0.05) is 30.1 Å². The largest absolute Gasteiger partial charge is 0.356 e. The smallest absolute Gasteiger partial charge is 0.269 e. The first kappa shape index (κ1) is 22.4. The van der Waals surface area contributed by atoms with Crippen molar-refractivity contribution >= 4 is 47.0 Å². The Labute approximate surface area is 175 Å². The molecule has 0 radical (unpaired) electrons. The Morgan fingerprint density at radius 2 is 1.96 bits per heavy atom. The summed E-state index contributed by atoms with van der Waals surface area (Å²) < 4.78 is 0. The molecule has 8 heteroatoms. The summed E-state index contributed by atoms with van der Waals surface area (Å²) in [6.45, 7) is 6.42. The molecule has 1 aromatic heterocycles. The summed E-state index contributed by atoms with van der Waals surface area (Å²) in [6.07, 6.45) is 0.956. The second kappa shape index (κ2) is 11.8. The van der Waals surface area contributed by atoms with Gasteiger partial charge in [-0.15, -0.1) is 35.3 Å². The Hall–Kier alpha value is -1.68. The number of rotatable bonds is 8. The number of nitrogens with one attached hydrogen (secondary N) is 2. The zero-order valence-corrected chi connectivity index (χ0v) is 18.1. The van der Waals surface area contributed by atoms with E-state index in [1.807, 2.05) is 0 Å². The zero-order chi connectivity index (χ0) is 18.1. The molecule has 0 atom stereocenters. The molecule has 0 fully saturated rings. The topological polar surface area (TPSA) is 79.6 Å². The van der Waals surface area contributed by atoms with Crippen LogP contribution in [0.5, 0.6) is 0 Å². The maximum atomic E-state index is 10.7. The van der Waals surface area contributed by atoms with E-state index in [1.54, 1.807) is 23.5 Å². The van der Waals surface area contributed by atoms with Gasteiger partial charge in [0.1, 0.15) is 0 Å². The van der Waals surface area contributed by atoms with Gasteiger partial charge in [0.15, 0.2) is 5.96 Å². The van der Waals surface area contributed by atoms with Crippen LogP contribution in [0, 0.1) is 16.0 Å². The molecule has 0 amide bonds. The van der Waals surface area contributed by atoms with Crippen molar-refractivity contribution in [3.05, 3.63) is 62.3 Å². The second-order valence-corrected chi connectivity index (χ2v) is 7.15. The number of halogens is 1. The van der Waals surface area contributed by atoms with Crippen LogP contribution in [0.2, 0.25) is 0 Å². The molecule has 0 spiro atoms. The van der Waals surface area contributed by atoms with E-state index in [0.29, 0.717) is 12.5 Å². The lowest BCUT2D eigenvalue weighted by molar-refractivity contribution is -0.384. The van der Waals surface area contributed by atoms with Crippen LogP contribution in [0.15, 0.2) is 46.8 Å². The highest BCUT2D eigenvalue weighted by Gasteiger charge is 2.05. The van der Waals surface area contributed by atoms with Crippen LogP contribution in [0.25, 0.3) is 0 Å². The monoisotopic (exact) mass is 488 g/mol. The number of benzene rings is 1. The highest BCUT2D eigenvalue weighted by atomic mass is 127. The standard InChI is InChI=1S/C18H24N4O2S.HI/c1-14(2)12-20-18(19-10-9-17-4-3-11-25-17)21-13-15-5-7-16(8-6-15)22(23)24;/h3-8,11,14H,9-10,12-13H2,1-2H3,(H2,19,20,21);1H. The van der Waals surface area contributed by atoms with Crippen molar-refractivity contribution in [1.82, 2.24) is 10.6 Å². The predicted octanol–water partition coefficient (Wildman–Crippen LogP) is 4.21. The molecule has 2 N–H and O–H groups in total. The number of non-ortho nitro benzene ring substituents is 1. The molecule has 0 bridgehead atoms. The highest BCUT2D eigenvalue weighted by molar-refractivity contribution is 14.0. The van der Waals surface area contributed by atoms with Gasteiger partial charge in [0.25, 0.3) is 5.69 Å². The third-order valence-corrected chi connectivity index (χ3v) is 4.42. The van der Waals surface area contributed by atoms with Gasteiger partial charge in [-0.2, -0.15) is 0 Å². The maximum absolute atomic E-state index is 10.7. The lowest BCUT2D eigenvalue weighted by Gasteiger charge is -2.14. The molecule has 1 aromatic carbocycles. The van der Waals surface area contributed by atoms with E-state index in [2.05, 4.69) is 47.0 Å². The number of hydrogen-bond acceptors (Lipinski definition) is 4. The maximum Gasteiger partial charge on any atom is 0.269 e. The van der Waals surface area contributed by atoms with E-state index >= 15 is 0 Å².